The highest BCUT2D eigenvalue weighted by molar-refractivity contribution is 7.16. The molecule has 2 atom stereocenters. The van der Waals surface area contributed by atoms with Crippen molar-refractivity contribution in [3.63, 3.8) is 0 Å². The highest BCUT2D eigenvalue weighted by atomic mass is 35.5. The Morgan fingerprint density at radius 3 is 2.59 bits per heavy atom. The number of nitrogens with one attached hydrogen (secondary N) is 1. The first-order valence-corrected chi connectivity index (χ1v) is 6.82. The van der Waals surface area contributed by atoms with Crippen LogP contribution in [0.25, 0.3) is 0 Å². The smallest absolute Gasteiger partial charge is 0.228 e. The molecule has 0 aliphatic rings. The lowest BCUT2D eigenvalue weighted by Gasteiger charge is -2.16. The number of carbonyl (C=O) groups is 1. The van der Waals surface area contributed by atoms with Crippen molar-refractivity contribution >= 4 is 28.8 Å². The standard InChI is InChI=1S/C12H18ClNO2S/c1-7(2)9(15)6-14-12(16)8(3)10-4-5-11(13)17-10/h4-5,7-9,15H,6H2,1-3H3,(H,14,16). The first-order chi connectivity index (χ1) is 7.91. The van der Waals surface area contributed by atoms with Crippen LogP contribution in [0, 0.1) is 5.92 Å². The topological polar surface area (TPSA) is 49.3 Å². The molecule has 5 heteroatoms. The number of hydrogen-bond donors (Lipinski definition) is 2. The van der Waals surface area contributed by atoms with Crippen LogP contribution in [0.4, 0.5) is 0 Å². The van der Waals surface area contributed by atoms with Crippen molar-refractivity contribution in [2.24, 2.45) is 5.92 Å². The van der Waals surface area contributed by atoms with E-state index in [0.29, 0.717) is 10.9 Å². The van der Waals surface area contributed by atoms with E-state index in [2.05, 4.69) is 5.32 Å². The minimum absolute atomic E-state index is 0.0804. The summed E-state index contributed by atoms with van der Waals surface area (Å²) in [4.78, 5) is 12.8. The molecule has 0 spiro atoms. The molecule has 0 saturated carbocycles. The number of rotatable bonds is 5. The molecule has 1 amide bonds. The molecule has 0 aliphatic carbocycles. The van der Waals surface area contributed by atoms with Crippen LogP contribution < -0.4 is 5.32 Å². The Labute approximate surface area is 111 Å². The minimum Gasteiger partial charge on any atom is -0.391 e. The highest BCUT2D eigenvalue weighted by Gasteiger charge is 2.18. The SMILES string of the molecule is CC(C(=O)NCC(O)C(C)C)c1ccc(Cl)s1. The van der Waals surface area contributed by atoms with E-state index in [4.69, 9.17) is 11.6 Å². The predicted octanol–water partition coefficient (Wildman–Crippen LogP) is 2.64. The van der Waals surface area contributed by atoms with Crippen molar-refractivity contribution in [2.45, 2.75) is 32.8 Å². The average molecular weight is 276 g/mol. The van der Waals surface area contributed by atoms with E-state index in [0.717, 1.165) is 4.88 Å². The Hall–Kier alpha value is -0.580. The number of amides is 1. The van der Waals surface area contributed by atoms with Gasteiger partial charge >= 0.3 is 0 Å². The Kier molecular flexibility index (Phi) is 5.43. The molecule has 96 valence electrons. The van der Waals surface area contributed by atoms with Gasteiger partial charge in [-0.05, 0) is 25.0 Å². The maximum atomic E-state index is 11.8. The van der Waals surface area contributed by atoms with Gasteiger partial charge in [0.2, 0.25) is 5.91 Å². The lowest BCUT2D eigenvalue weighted by Crippen LogP contribution is -2.36. The maximum absolute atomic E-state index is 11.8. The van der Waals surface area contributed by atoms with E-state index in [-0.39, 0.29) is 17.7 Å². The second kappa shape index (κ2) is 6.38. The zero-order chi connectivity index (χ0) is 13.0. The van der Waals surface area contributed by atoms with Crippen molar-refractivity contribution in [2.75, 3.05) is 6.54 Å². The fourth-order valence-corrected chi connectivity index (χ4v) is 2.40. The summed E-state index contributed by atoms with van der Waals surface area (Å²) < 4.78 is 0.682. The molecule has 0 aliphatic heterocycles. The summed E-state index contributed by atoms with van der Waals surface area (Å²) in [5, 5.41) is 12.3. The van der Waals surface area contributed by atoms with E-state index in [1.54, 1.807) is 6.07 Å². The number of thiophene rings is 1. The van der Waals surface area contributed by atoms with Crippen molar-refractivity contribution < 1.29 is 9.90 Å². The Balaban J connectivity index is 2.48. The molecule has 2 N–H and O–H groups in total. The summed E-state index contributed by atoms with van der Waals surface area (Å²) in [6, 6.07) is 3.64. The number of halogens is 1. The Morgan fingerprint density at radius 2 is 2.12 bits per heavy atom. The highest BCUT2D eigenvalue weighted by Crippen LogP contribution is 2.28. The van der Waals surface area contributed by atoms with Gasteiger partial charge < -0.3 is 10.4 Å². The summed E-state index contributed by atoms with van der Waals surface area (Å²) >= 11 is 7.23. The minimum atomic E-state index is -0.502. The first-order valence-electron chi connectivity index (χ1n) is 5.62. The second-order valence-electron chi connectivity index (χ2n) is 4.42. The molecule has 2 unspecified atom stereocenters. The van der Waals surface area contributed by atoms with Gasteiger partial charge in [-0.25, -0.2) is 0 Å². The van der Waals surface area contributed by atoms with Gasteiger partial charge in [-0.15, -0.1) is 11.3 Å². The molecule has 17 heavy (non-hydrogen) atoms. The first kappa shape index (κ1) is 14.5. The van der Waals surface area contributed by atoms with Gasteiger partial charge in [-0.2, -0.15) is 0 Å². The third kappa shape index (κ3) is 4.30. The maximum Gasteiger partial charge on any atom is 0.228 e. The van der Waals surface area contributed by atoms with Crippen molar-refractivity contribution in [3.8, 4) is 0 Å². The lowest BCUT2D eigenvalue weighted by molar-refractivity contribution is -0.122. The van der Waals surface area contributed by atoms with Gasteiger partial charge in [0.05, 0.1) is 16.4 Å². The molecule has 0 fully saturated rings. The quantitative estimate of drug-likeness (QED) is 0.868. The van der Waals surface area contributed by atoms with Crippen LogP contribution in [0.5, 0.6) is 0 Å². The molecule has 0 aromatic carbocycles. The van der Waals surface area contributed by atoms with Crippen LogP contribution in [-0.4, -0.2) is 23.7 Å². The largest absolute Gasteiger partial charge is 0.391 e. The summed E-state index contributed by atoms with van der Waals surface area (Å²) in [7, 11) is 0. The zero-order valence-corrected chi connectivity index (χ0v) is 11.8. The summed E-state index contributed by atoms with van der Waals surface area (Å²) in [5.41, 5.74) is 0. The number of carbonyl (C=O) groups excluding carboxylic acids is 1. The van der Waals surface area contributed by atoms with E-state index in [1.807, 2.05) is 26.8 Å². The van der Waals surface area contributed by atoms with Gasteiger partial charge in [0.15, 0.2) is 0 Å². The Morgan fingerprint density at radius 1 is 1.47 bits per heavy atom. The van der Waals surface area contributed by atoms with Gasteiger partial charge in [0, 0.05) is 11.4 Å². The fourth-order valence-electron chi connectivity index (χ4n) is 1.28. The summed E-state index contributed by atoms with van der Waals surface area (Å²) in [6.07, 6.45) is -0.502. The van der Waals surface area contributed by atoms with Crippen molar-refractivity contribution in [1.29, 1.82) is 0 Å². The molecule has 0 radical (unpaired) electrons. The third-order valence-corrected chi connectivity index (χ3v) is 4.08. The van der Waals surface area contributed by atoms with E-state index in [1.165, 1.54) is 11.3 Å². The third-order valence-electron chi connectivity index (χ3n) is 2.67. The van der Waals surface area contributed by atoms with Crippen LogP contribution in [0.3, 0.4) is 0 Å². The van der Waals surface area contributed by atoms with Gasteiger partial charge in [0.1, 0.15) is 0 Å². The zero-order valence-electron chi connectivity index (χ0n) is 10.2. The molecule has 1 rings (SSSR count). The van der Waals surface area contributed by atoms with E-state index >= 15 is 0 Å². The number of aliphatic hydroxyl groups excluding tert-OH is 1. The molecular weight excluding hydrogens is 258 g/mol. The molecule has 0 bridgehead atoms. The lowest BCUT2D eigenvalue weighted by atomic mass is 10.1. The molecule has 1 heterocycles. The summed E-state index contributed by atoms with van der Waals surface area (Å²) in [6.45, 7) is 5.96. The van der Waals surface area contributed by atoms with Gasteiger partial charge in [-0.3, -0.25) is 4.79 Å². The Bertz CT molecular complexity index is 378. The monoisotopic (exact) mass is 275 g/mol. The van der Waals surface area contributed by atoms with Crippen LogP contribution in [0.1, 0.15) is 31.6 Å². The fraction of sp³-hybridized carbons (Fsp3) is 0.583. The second-order valence-corrected chi connectivity index (χ2v) is 6.17. The van der Waals surface area contributed by atoms with E-state index in [9.17, 15) is 9.90 Å². The van der Waals surface area contributed by atoms with Crippen LogP contribution in [0.2, 0.25) is 4.34 Å². The molecular formula is C12H18ClNO2S. The average Bonchev–Trinajstić information content (AvgIpc) is 2.70. The van der Waals surface area contributed by atoms with Crippen molar-refractivity contribution in [3.05, 3.63) is 21.3 Å². The molecule has 3 nitrogen and oxygen atoms in total. The van der Waals surface area contributed by atoms with Gasteiger partial charge in [0.25, 0.3) is 0 Å². The van der Waals surface area contributed by atoms with Crippen LogP contribution in [-0.2, 0) is 4.79 Å². The normalized spacial score (nSPS) is 14.7. The van der Waals surface area contributed by atoms with Crippen LogP contribution in [0.15, 0.2) is 12.1 Å². The molecule has 0 saturated heterocycles. The molecule has 1 aromatic heterocycles. The summed E-state index contributed by atoms with van der Waals surface area (Å²) in [5.74, 6) is -0.170. The molecule has 1 aromatic rings. The van der Waals surface area contributed by atoms with Gasteiger partial charge in [-0.1, -0.05) is 25.4 Å². The van der Waals surface area contributed by atoms with Crippen molar-refractivity contribution in [1.82, 2.24) is 5.32 Å². The van der Waals surface area contributed by atoms with Crippen LogP contribution >= 0.6 is 22.9 Å². The predicted molar refractivity (Wildman–Crippen MR) is 71.6 cm³/mol. The number of aliphatic hydroxyl groups is 1. The van der Waals surface area contributed by atoms with E-state index < -0.39 is 6.10 Å². The number of hydrogen-bond acceptors (Lipinski definition) is 3.